The molecule has 2 saturated heterocycles. The molecule has 1 aromatic rings. The number of piperidine rings is 1. The minimum absolute atomic E-state index is 0.120. The third-order valence-corrected chi connectivity index (χ3v) is 5.39. The molecule has 0 N–H and O–H groups in total. The van der Waals surface area contributed by atoms with Gasteiger partial charge in [-0.1, -0.05) is 0 Å². The lowest BCUT2D eigenvalue weighted by Gasteiger charge is -2.37. The molecule has 3 heterocycles. The molecule has 0 bridgehead atoms. The maximum Gasteiger partial charge on any atom is 0.254 e. The van der Waals surface area contributed by atoms with Crippen LogP contribution in [0.1, 0.15) is 29.6 Å². The third-order valence-electron chi connectivity index (χ3n) is 5.39. The SMILES string of the molecule is CN1CCC2(CC1)CCN(C(=O)c1ccc3c(c1)OCO3)C2. The fourth-order valence-corrected chi connectivity index (χ4v) is 3.82. The molecular formula is C17H22N2O3. The van der Waals surface area contributed by atoms with Gasteiger partial charge in [-0.05, 0) is 63.0 Å². The van der Waals surface area contributed by atoms with Crippen molar-refractivity contribution >= 4 is 5.91 Å². The summed E-state index contributed by atoms with van der Waals surface area (Å²) in [6.45, 7) is 4.30. The van der Waals surface area contributed by atoms with E-state index in [-0.39, 0.29) is 12.7 Å². The van der Waals surface area contributed by atoms with Crippen LogP contribution in [0.4, 0.5) is 0 Å². The van der Waals surface area contributed by atoms with Crippen LogP contribution < -0.4 is 9.47 Å². The lowest BCUT2D eigenvalue weighted by Crippen LogP contribution is -2.40. The summed E-state index contributed by atoms with van der Waals surface area (Å²) in [5.74, 6) is 1.53. The standard InChI is InChI=1S/C17H22N2O3/c1-18-7-4-17(5-8-18)6-9-19(11-17)16(20)13-2-3-14-15(10-13)22-12-21-14/h2-3,10H,4-9,11-12H2,1H3. The minimum atomic E-state index is 0.120. The number of amides is 1. The summed E-state index contributed by atoms with van der Waals surface area (Å²) in [6, 6.07) is 5.48. The first-order valence-corrected chi connectivity index (χ1v) is 8.03. The maximum atomic E-state index is 12.8. The van der Waals surface area contributed by atoms with E-state index in [0.29, 0.717) is 16.7 Å². The largest absolute Gasteiger partial charge is 0.454 e. The van der Waals surface area contributed by atoms with Crippen molar-refractivity contribution in [1.29, 1.82) is 0 Å². The Labute approximate surface area is 130 Å². The molecule has 1 aromatic carbocycles. The molecule has 0 saturated carbocycles. The number of fused-ring (bicyclic) bond motifs is 1. The van der Waals surface area contributed by atoms with Crippen molar-refractivity contribution in [2.45, 2.75) is 19.3 Å². The lowest BCUT2D eigenvalue weighted by atomic mass is 9.78. The number of nitrogens with zero attached hydrogens (tertiary/aromatic N) is 2. The van der Waals surface area contributed by atoms with Crippen molar-refractivity contribution in [2.24, 2.45) is 5.41 Å². The quantitative estimate of drug-likeness (QED) is 0.795. The number of likely N-dealkylation sites (tertiary alicyclic amines) is 2. The Hall–Kier alpha value is -1.75. The summed E-state index contributed by atoms with van der Waals surface area (Å²) in [6.07, 6.45) is 3.54. The molecule has 118 valence electrons. The first-order chi connectivity index (χ1) is 10.7. The molecule has 2 fully saturated rings. The second-order valence-corrected chi connectivity index (χ2v) is 6.85. The van der Waals surface area contributed by atoms with Gasteiger partial charge < -0.3 is 19.3 Å². The number of ether oxygens (including phenoxy) is 2. The van der Waals surface area contributed by atoms with Crippen molar-refractivity contribution < 1.29 is 14.3 Å². The number of carbonyl (C=O) groups excluding carboxylic acids is 1. The summed E-state index contributed by atoms with van der Waals surface area (Å²) in [5, 5.41) is 0. The molecule has 5 heteroatoms. The average molecular weight is 302 g/mol. The molecule has 1 amide bonds. The molecule has 1 spiro atoms. The van der Waals surface area contributed by atoms with Gasteiger partial charge in [0.05, 0.1) is 0 Å². The van der Waals surface area contributed by atoms with Gasteiger partial charge in [0.25, 0.3) is 5.91 Å². The molecule has 3 aliphatic rings. The Balaban J connectivity index is 1.48. The second-order valence-electron chi connectivity index (χ2n) is 6.85. The van der Waals surface area contributed by atoms with E-state index >= 15 is 0 Å². The highest BCUT2D eigenvalue weighted by Gasteiger charge is 2.41. The second kappa shape index (κ2) is 5.16. The Morgan fingerprint density at radius 1 is 1.09 bits per heavy atom. The van der Waals surface area contributed by atoms with Crippen molar-refractivity contribution in [1.82, 2.24) is 9.80 Å². The molecule has 0 atom stereocenters. The smallest absolute Gasteiger partial charge is 0.254 e. The molecule has 0 aliphatic carbocycles. The van der Waals surface area contributed by atoms with Gasteiger partial charge in [-0.3, -0.25) is 4.79 Å². The highest BCUT2D eigenvalue weighted by Crippen LogP contribution is 2.41. The summed E-state index contributed by atoms with van der Waals surface area (Å²) in [7, 11) is 2.18. The van der Waals surface area contributed by atoms with Gasteiger partial charge in [0.2, 0.25) is 6.79 Å². The van der Waals surface area contributed by atoms with E-state index in [1.54, 1.807) is 0 Å². The zero-order chi connectivity index (χ0) is 15.2. The maximum absolute atomic E-state index is 12.8. The van der Waals surface area contributed by atoms with Crippen LogP contribution in [-0.2, 0) is 0 Å². The monoisotopic (exact) mass is 302 g/mol. The van der Waals surface area contributed by atoms with Crippen LogP contribution in [-0.4, -0.2) is 55.7 Å². The lowest BCUT2D eigenvalue weighted by molar-refractivity contribution is 0.0736. The van der Waals surface area contributed by atoms with Crippen LogP contribution in [0.3, 0.4) is 0 Å². The Morgan fingerprint density at radius 2 is 1.82 bits per heavy atom. The van der Waals surface area contributed by atoms with E-state index in [4.69, 9.17) is 9.47 Å². The zero-order valence-electron chi connectivity index (χ0n) is 13.0. The van der Waals surface area contributed by atoms with Crippen LogP contribution in [0.25, 0.3) is 0 Å². The molecule has 4 rings (SSSR count). The summed E-state index contributed by atoms with van der Waals surface area (Å²) >= 11 is 0. The van der Waals surface area contributed by atoms with Crippen molar-refractivity contribution in [3.63, 3.8) is 0 Å². The number of benzene rings is 1. The zero-order valence-corrected chi connectivity index (χ0v) is 13.0. The van der Waals surface area contributed by atoms with Gasteiger partial charge in [0, 0.05) is 18.7 Å². The Bertz CT molecular complexity index is 594. The average Bonchev–Trinajstić information content (AvgIpc) is 3.16. The molecule has 0 radical (unpaired) electrons. The minimum Gasteiger partial charge on any atom is -0.454 e. The molecule has 0 unspecified atom stereocenters. The van der Waals surface area contributed by atoms with Crippen LogP contribution in [0.5, 0.6) is 11.5 Å². The number of carbonyl (C=O) groups is 1. The van der Waals surface area contributed by atoms with Crippen LogP contribution in [0.2, 0.25) is 0 Å². The van der Waals surface area contributed by atoms with Crippen LogP contribution in [0.15, 0.2) is 18.2 Å². The van der Waals surface area contributed by atoms with Gasteiger partial charge in [-0.25, -0.2) is 0 Å². The van der Waals surface area contributed by atoms with E-state index in [2.05, 4.69) is 11.9 Å². The van der Waals surface area contributed by atoms with E-state index in [9.17, 15) is 4.79 Å². The Kier molecular flexibility index (Phi) is 3.26. The number of rotatable bonds is 1. The molecule has 0 aromatic heterocycles. The number of hydrogen-bond acceptors (Lipinski definition) is 4. The van der Waals surface area contributed by atoms with Gasteiger partial charge in [-0.15, -0.1) is 0 Å². The van der Waals surface area contributed by atoms with Gasteiger partial charge in [0.15, 0.2) is 11.5 Å². The predicted octanol–water partition coefficient (Wildman–Crippen LogP) is 1.97. The highest BCUT2D eigenvalue weighted by molar-refractivity contribution is 5.95. The topological polar surface area (TPSA) is 42.0 Å². The number of hydrogen-bond donors (Lipinski definition) is 0. The Morgan fingerprint density at radius 3 is 2.64 bits per heavy atom. The van der Waals surface area contributed by atoms with E-state index in [0.717, 1.165) is 38.3 Å². The van der Waals surface area contributed by atoms with Crippen molar-refractivity contribution in [3.05, 3.63) is 23.8 Å². The van der Waals surface area contributed by atoms with E-state index in [1.807, 2.05) is 23.1 Å². The molecule has 5 nitrogen and oxygen atoms in total. The van der Waals surface area contributed by atoms with E-state index < -0.39 is 0 Å². The molecule has 3 aliphatic heterocycles. The molecular weight excluding hydrogens is 280 g/mol. The van der Waals surface area contributed by atoms with Crippen molar-refractivity contribution in [3.8, 4) is 11.5 Å². The third kappa shape index (κ3) is 2.33. The summed E-state index contributed by atoms with van der Waals surface area (Å²) in [5.41, 5.74) is 1.05. The first kappa shape index (κ1) is 13.9. The van der Waals surface area contributed by atoms with Crippen LogP contribution >= 0.6 is 0 Å². The van der Waals surface area contributed by atoms with Gasteiger partial charge in [-0.2, -0.15) is 0 Å². The summed E-state index contributed by atoms with van der Waals surface area (Å²) in [4.78, 5) is 17.2. The van der Waals surface area contributed by atoms with E-state index in [1.165, 1.54) is 12.8 Å². The summed E-state index contributed by atoms with van der Waals surface area (Å²) < 4.78 is 10.7. The van der Waals surface area contributed by atoms with Gasteiger partial charge in [0.1, 0.15) is 0 Å². The highest BCUT2D eigenvalue weighted by atomic mass is 16.7. The van der Waals surface area contributed by atoms with Gasteiger partial charge >= 0.3 is 0 Å². The molecule has 22 heavy (non-hydrogen) atoms. The predicted molar refractivity (Wildman–Crippen MR) is 82.2 cm³/mol. The fraction of sp³-hybridized carbons (Fsp3) is 0.588. The van der Waals surface area contributed by atoms with Crippen molar-refractivity contribution in [2.75, 3.05) is 40.0 Å². The normalized spacial score (nSPS) is 23.2. The fourth-order valence-electron chi connectivity index (χ4n) is 3.82. The van der Waals surface area contributed by atoms with Crippen LogP contribution in [0, 0.1) is 5.41 Å². The first-order valence-electron chi connectivity index (χ1n) is 8.03.